The third-order valence-electron chi connectivity index (χ3n) is 10.9. The van der Waals surface area contributed by atoms with E-state index in [4.69, 9.17) is 35.3 Å². The van der Waals surface area contributed by atoms with Crippen molar-refractivity contribution in [3.05, 3.63) is 70.5 Å². The third kappa shape index (κ3) is 13.9. The van der Waals surface area contributed by atoms with E-state index in [2.05, 4.69) is 36.2 Å². The highest BCUT2D eigenvalue weighted by Gasteiger charge is 2.54. The molecule has 21 heteroatoms. The van der Waals surface area contributed by atoms with Crippen molar-refractivity contribution in [1.29, 1.82) is 0 Å². The zero-order valence-electron chi connectivity index (χ0n) is 37.7. The van der Waals surface area contributed by atoms with Crippen molar-refractivity contribution < 1.29 is 47.6 Å². The number of benzene rings is 2. The van der Waals surface area contributed by atoms with Crippen molar-refractivity contribution in [3.8, 4) is 21.9 Å². The molecular formula is C45H58ClFN8O9S2. The maximum atomic E-state index is 15.0. The number of hydrogen-bond acceptors (Lipinski definition) is 16. The fourth-order valence-corrected chi connectivity index (χ4v) is 9.11. The highest BCUT2D eigenvalue weighted by molar-refractivity contribution is 8.00. The summed E-state index contributed by atoms with van der Waals surface area (Å²) < 4.78 is 42.4. The van der Waals surface area contributed by atoms with E-state index in [1.165, 1.54) is 22.9 Å². The van der Waals surface area contributed by atoms with Crippen molar-refractivity contribution in [1.82, 2.24) is 30.5 Å². The minimum absolute atomic E-state index is 0.0329. The molecule has 1 aliphatic heterocycles. The molecule has 2 aliphatic rings. The number of likely N-dealkylation sites (tertiary alicyclic amines) is 1. The van der Waals surface area contributed by atoms with Gasteiger partial charge in [-0.15, -0.1) is 11.3 Å². The van der Waals surface area contributed by atoms with Crippen molar-refractivity contribution in [2.75, 3.05) is 83.3 Å². The van der Waals surface area contributed by atoms with Crippen molar-refractivity contribution in [2.24, 2.45) is 0 Å². The number of alkyl halides is 1. The molecule has 1 saturated carbocycles. The Morgan fingerprint density at radius 2 is 1.73 bits per heavy atom. The number of nitrogens with zero attached hydrogens (tertiary/aromatic N) is 4. The van der Waals surface area contributed by atoms with Crippen molar-refractivity contribution in [2.45, 2.75) is 75.2 Å². The van der Waals surface area contributed by atoms with Crippen LogP contribution in [0.15, 0.2) is 54.2 Å². The second kappa shape index (κ2) is 23.8. The van der Waals surface area contributed by atoms with E-state index in [-0.39, 0.29) is 32.4 Å². The number of carbonyl (C=O) groups excluding carboxylic acids is 3. The lowest BCUT2D eigenvalue weighted by atomic mass is 10.00. The first-order valence-electron chi connectivity index (χ1n) is 21.6. The minimum Gasteiger partial charge on any atom is -0.494 e. The predicted molar refractivity (Wildman–Crippen MR) is 253 cm³/mol. The largest absolute Gasteiger partial charge is 0.494 e. The lowest BCUT2D eigenvalue weighted by molar-refractivity contribution is -0.143. The Kier molecular flexibility index (Phi) is 18.2. The number of β-amino-alcohol motifs (C(OH)–C–C–N with tert-alkyl or cyclic N) is 1. The molecule has 0 bridgehead atoms. The van der Waals surface area contributed by atoms with Crippen LogP contribution in [0.2, 0.25) is 5.02 Å². The van der Waals surface area contributed by atoms with Crippen LogP contribution >= 0.6 is 34.7 Å². The van der Waals surface area contributed by atoms with E-state index in [9.17, 15) is 23.9 Å². The summed E-state index contributed by atoms with van der Waals surface area (Å²) in [6.45, 7) is 7.97. The standard InChI is InChI=1S/C45H58ClFN8O9S2/c1-28-37(65-27-51-28)30-8-6-29(7-9-30)24-49-40(57)35-22-31(56)26-55(35)41(58)38(53-42(59)45(47)12-13-45)44(2,3)66-21-20-63-17-16-61-14-15-62-18-19-64-32-10-11-34(36(23-32)60-5)52-43-50-25-33(46)39(48-4)54-43/h6-11,23,25,27,31,35,38,56H,12-22,24,26H2,1-5H3,(H,49,57)(H,53,59)(H2,48,50,52,54)/t31-,35+,38+/m1/s1. The van der Waals surface area contributed by atoms with E-state index in [1.807, 2.05) is 31.2 Å². The summed E-state index contributed by atoms with van der Waals surface area (Å²) in [6, 6.07) is 11.0. The van der Waals surface area contributed by atoms with Gasteiger partial charge in [0.15, 0.2) is 5.67 Å². The summed E-state index contributed by atoms with van der Waals surface area (Å²) in [5.74, 6) is 0.581. The highest BCUT2D eigenvalue weighted by Crippen LogP contribution is 2.41. The van der Waals surface area contributed by atoms with E-state index in [0.29, 0.717) is 86.0 Å². The topological polar surface area (TPSA) is 208 Å². The van der Waals surface area contributed by atoms with Gasteiger partial charge in [0.25, 0.3) is 5.91 Å². The van der Waals surface area contributed by atoms with Gasteiger partial charge in [0.05, 0.1) is 80.8 Å². The number of nitrogens with one attached hydrogen (secondary N) is 4. The maximum Gasteiger partial charge on any atom is 0.258 e. The van der Waals surface area contributed by atoms with Crippen LogP contribution < -0.4 is 30.7 Å². The molecule has 0 unspecified atom stereocenters. The number of thiazole rings is 1. The smallest absolute Gasteiger partial charge is 0.258 e. The number of rotatable bonds is 26. The van der Waals surface area contributed by atoms with Crippen molar-refractivity contribution >= 4 is 69.9 Å². The lowest BCUT2D eigenvalue weighted by Gasteiger charge is -2.37. The van der Waals surface area contributed by atoms with Crippen LogP contribution in [0.4, 0.5) is 21.8 Å². The van der Waals surface area contributed by atoms with Crippen LogP contribution in [0, 0.1) is 6.92 Å². The quantitative estimate of drug-likeness (QED) is 0.0489. The maximum absolute atomic E-state index is 15.0. The zero-order chi connectivity index (χ0) is 47.3. The number of amides is 3. The van der Waals surface area contributed by atoms with E-state index in [0.717, 1.165) is 21.7 Å². The molecule has 0 radical (unpaired) electrons. The predicted octanol–water partition coefficient (Wildman–Crippen LogP) is 5.56. The molecule has 2 aromatic heterocycles. The minimum atomic E-state index is -2.02. The Balaban J connectivity index is 0.884. The Bertz CT molecular complexity index is 2250. The summed E-state index contributed by atoms with van der Waals surface area (Å²) in [5.41, 5.74) is 3.26. The Morgan fingerprint density at radius 3 is 2.38 bits per heavy atom. The van der Waals surface area contributed by atoms with Gasteiger partial charge >= 0.3 is 0 Å². The highest BCUT2D eigenvalue weighted by atomic mass is 35.5. The van der Waals surface area contributed by atoms with Gasteiger partial charge in [0, 0.05) is 43.1 Å². The second-order valence-corrected chi connectivity index (χ2v) is 19.2. The molecule has 6 rings (SSSR count). The SMILES string of the molecule is CNc1nc(Nc2ccc(OCCOCCOCCOCCSC(C)(C)[C@@H](NC(=O)C3(F)CC3)C(=O)N3C[C@H](O)C[C@H]3C(=O)NCc3ccc(-c4scnc4C)cc3)cc2OC)ncc1Cl. The molecule has 2 fully saturated rings. The lowest BCUT2D eigenvalue weighted by Crippen LogP contribution is -2.61. The van der Waals surface area contributed by atoms with Crippen LogP contribution in [0.25, 0.3) is 10.4 Å². The number of aryl methyl sites for hydroxylation is 1. The van der Waals surface area contributed by atoms with Crippen LogP contribution in [0.1, 0.15) is 44.4 Å². The number of methoxy groups -OCH3 is 1. The molecule has 3 atom stereocenters. The van der Waals surface area contributed by atoms with Gasteiger partial charge in [-0.25, -0.2) is 14.4 Å². The molecule has 2 aromatic carbocycles. The first kappa shape index (κ1) is 50.6. The second-order valence-electron chi connectivity index (χ2n) is 16.2. The number of aromatic nitrogens is 3. The van der Waals surface area contributed by atoms with Gasteiger partial charge in [-0.1, -0.05) is 35.9 Å². The number of carbonyl (C=O) groups is 3. The number of hydrogen-bond donors (Lipinski definition) is 5. The first-order chi connectivity index (χ1) is 31.7. The Labute approximate surface area is 397 Å². The molecule has 17 nitrogen and oxygen atoms in total. The number of aliphatic hydroxyl groups is 1. The van der Waals surface area contributed by atoms with Crippen LogP contribution in [0.5, 0.6) is 11.5 Å². The number of thioether (sulfide) groups is 1. The first-order valence-corrected chi connectivity index (χ1v) is 23.9. The van der Waals surface area contributed by atoms with Gasteiger partial charge < -0.3 is 55.0 Å². The molecule has 358 valence electrons. The molecule has 5 N–H and O–H groups in total. The summed E-state index contributed by atoms with van der Waals surface area (Å²) in [6.07, 6.45) is 0.745. The Hall–Kier alpha value is -4.83. The number of aliphatic hydroxyl groups excluding tert-OH is 1. The molecular weight excluding hydrogens is 915 g/mol. The van der Waals surface area contributed by atoms with Gasteiger partial charge in [0.1, 0.15) is 41.0 Å². The summed E-state index contributed by atoms with van der Waals surface area (Å²) >= 11 is 9.02. The van der Waals surface area contributed by atoms with Gasteiger partial charge in [-0.3, -0.25) is 14.4 Å². The summed E-state index contributed by atoms with van der Waals surface area (Å²) in [5, 5.41) is 22.7. The molecule has 1 aliphatic carbocycles. The van der Waals surface area contributed by atoms with Gasteiger partial charge in [-0.05, 0) is 56.9 Å². The van der Waals surface area contributed by atoms with Gasteiger partial charge in [-0.2, -0.15) is 16.7 Å². The average Bonchev–Trinajstić information content (AvgIpc) is 3.72. The monoisotopic (exact) mass is 972 g/mol. The number of halogens is 2. The molecule has 3 amide bonds. The third-order valence-corrected chi connectivity index (χ3v) is 13.6. The Morgan fingerprint density at radius 1 is 1.03 bits per heavy atom. The molecule has 66 heavy (non-hydrogen) atoms. The average molecular weight is 974 g/mol. The fraction of sp³-hybridized carbons (Fsp3) is 0.511. The summed E-state index contributed by atoms with van der Waals surface area (Å²) in [7, 11) is 3.27. The number of anilines is 3. The zero-order valence-corrected chi connectivity index (χ0v) is 40.1. The van der Waals surface area contributed by atoms with Gasteiger partial charge in [0.2, 0.25) is 17.8 Å². The molecule has 1 saturated heterocycles. The van der Waals surface area contributed by atoms with E-state index in [1.54, 1.807) is 63.1 Å². The summed E-state index contributed by atoms with van der Waals surface area (Å²) in [4.78, 5) is 56.1. The normalized spacial score (nSPS) is 16.9. The molecule has 0 spiro atoms. The van der Waals surface area contributed by atoms with Crippen LogP contribution in [-0.4, -0.2) is 144 Å². The number of ether oxygens (including phenoxy) is 5. The fourth-order valence-electron chi connectivity index (χ4n) is 7.06. The van der Waals surface area contributed by atoms with E-state index < -0.39 is 46.3 Å². The molecule has 4 aromatic rings. The van der Waals surface area contributed by atoms with Crippen molar-refractivity contribution in [3.63, 3.8) is 0 Å². The van der Waals surface area contributed by atoms with E-state index >= 15 is 0 Å². The van der Waals surface area contributed by atoms with Crippen LogP contribution in [0.3, 0.4) is 0 Å². The molecule has 3 heterocycles. The van der Waals surface area contributed by atoms with Crippen LogP contribution in [-0.2, 0) is 35.1 Å².